The van der Waals surface area contributed by atoms with Crippen LogP contribution in [-0.2, 0) is 11.3 Å². The molecule has 3 atom stereocenters. The van der Waals surface area contributed by atoms with Crippen LogP contribution in [0.4, 0.5) is 0 Å². The van der Waals surface area contributed by atoms with Gasteiger partial charge in [0.25, 0.3) is 0 Å². The monoisotopic (exact) mass is 277 g/mol. The van der Waals surface area contributed by atoms with Gasteiger partial charge in [0.1, 0.15) is 0 Å². The van der Waals surface area contributed by atoms with Crippen molar-refractivity contribution in [2.24, 2.45) is 5.92 Å². The fourth-order valence-corrected chi connectivity index (χ4v) is 2.72. The highest BCUT2D eigenvalue weighted by Gasteiger charge is 2.22. The van der Waals surface area contributed by atoms with Crippen LogP contribution in [-0.4, -0.2) is 28.8 Å². The van der Waals surface area contributed by atoms with Gasteiger partial charge in [-0.05, 0) is 49.8 Å². The molecule has 0 heterocycles. The molecule has 0 spiro atoms. The summed E-state index contributed by atoms with van der Waals surface area (Å²) in [5, 5.41) is 21.8. The molecule has 1 fully saturated rings. The Labute approximate surface area is 119 Å². The van der Waals surface area contributed by atoms with E-state index in [4.69, 9.17) is 5.11 Å². The number of carboxylic acid groups (broad SMARTS) is 1. The average Bonchev–Trinajstić information content (AvgIpc) is 2.84. The molecule has 20 heavy (non-hydrogen) atoms. The summed E-state index contributed by atoms with van der Waals surface area (Å²) in [6.07, 6.45) is 2.82. The second-order valence-electron chi connectivity index (χ2n) is 5.77. The van der Waals surface area contributed by atoms with Crippen molar-refractivity contribution >= 4 is 5.97 Å². The third-order valence-corrected chi connectivity index (χ3v) is 4.13. The Hall–Kier alpha value is -1.39. The topological polar surface area (TPSA) is 69.6 Å². The molecule has 0 bridgehead atoms. The summed E-state index contributed by atoms with van der Waals surface area (Å²) in [6, 6.07) is 7.72. The standard InChI is InChI=1S/C16H23NO3/c1-11(16(19)20)14-5-2-12(3-6-14)9-17-10-13-4-7-15(18)8-13/h2-3,5-6,11,13,15,17-18H,4,7-10H2,1H3,(H,19,20). The molecule has 4 nitrogen and oxygen atoms in total. The van der Waals surface area contributed by atoms with Gasteiger partial charge in [-0.3, -0.25) is 4.79 Å². The smallest absolute Gasteiger partial charge is 0.310 e. The number of hydrogen-bond donors (Lipinski definition) is 3. The minimum Gasteiger partial charge on any atom is -0.481 e. The second kappa shape index (κ2) is 6.86. The van der Waals surface area contributed by atoms with Gasteiger partial charge in [-0.15, -0.1) is 0 Å². The zero-order valence-corrected chi connectivity index (χ0v) is 11.9. The van der Waals surface area contributed by atoms with Crippen molar-refractivity contribution < 1.29 is 15.0 Å². The van der Waals surface area contributed by atoms with E-state index in [-0.39, 0.29) is 6.10 Å². The summed E-state index contributed by atoms with van der Waals surface area (Å²) in [5.74, 6) is -0.677. The fourth-order valence-electron chi connectivity index (χ4n) is 2.72. The Morgan fingerprint density at radius 1 is 1.35 bits per heavy atom. The predicted octanol–water partition coefficient (Wildman–Crippen LogP) is 2.13. The fraction of sp³-hybridized carbons (Fsp3) is 0.562. The van der Waals surface area contributed by atoms with Gasteiger partial charge in [0.2, 0.25) is 0 Å². The zero-order chi connectivity index (χ0) is 14.5. The third-order valence-electron chi connectivity index (χ3n) is 4.13. The molecule has 2 rings (SSSR count). The van der Waals surface area contributed by atoms with E-state index >= 15 is 0 Å². The zero-order valence-electron chi connectivity index (χ0n) is 11.9. The highest BCUT2D eigenvalue weighted by molar-refractivity contribution is 5.75. The first-order valence-corrected chi connectivity index (χ1v) is 7.26. The van der Waals surface area contributed by atoms with Crippen LogP contribution in [0.25, 0.3) is 0 Å². The summed E-state index contributed by atoms with van der Waals surface area (Å²) in [6.45, 7) is 3.42. The van der Waals surface area contributed by atoms with E-state index in [1.807, 2.05) is 24.3 Å². The van der Waals surface area contributed by atoms with Crippen LogP contribution in [0.1, 0.15) is 43.2 Å². The van der Waals surface area contributed by atoms with Crippen molar-refractivity contribution in [2.75, 3.05) is 6.54 Å². The van der Waals surface area contributed by atoms with Gasteiger partial charge in [0.15, 0.2) is 0 Å². The molecule has 0 aliphatic heterocycles. The van der Waals surface area contributed by atoms with Crippen LogP contribution < -0.4 is 5.32 Å². The van der Waals surface area contributed by atoms with Crippen LogP contribution in [0.5, 0.6) is 0 Å². The third kappa shape index (κ3) is 4.05. The highest BCUT2D eigenvalue weighted by Crippen LogP contribution is 2.24. The SMILES string of the molecule is CC(C(=O)O)c1ccc(CNCC2CCC(O)C2)cc1. The summed E-state index contributed by atoms with van der Waals surface area (Å²) >= 11 is 0. The van der Waals surface area contributed by atoms with E-state index in [9.17, 15) is 9.90 Å². The van der Waals surface area contributed by atoms with Crippen molar-refractivity contribution in [1.29, 1.82) is 0 Å². The number of aliphatic hydroxyl groups excluding tert-OH is 1. The van der Waals surface area contributed by atoms with Gasteiger partial charge in [-0.1, -0.05) is 24.3 Å². The van der Waals surface area contributed by atoms with E-state index in [0.717, 1.165) is 43.5 Å². The van der Waals surface area contributed by atoms with Crippen molar-refractivity contribution in [1.82, 2.24) is 5.32 Å². The largest absolute Gasteiger partial charge is 0.481 e. The molecule has 3 N–H and O–H groups in total. The van der Waals surface area contributed by atoms with Gasteiger partial charge < -0.3 is 15.5 Å². The van der Waals surface area contributed by atoms with Crippen molar-refractivity contribution in [2.45, 2.75) is 44.8 Å². The molecule has 0 radical (unpaired) electrons. The van der Waals surface area contributed by atoms with E-state index in [1.165, 1.54) is 0 Å². The summed E-state index contributed by atoms with van der Waals surface area (Å²) in [7, 11) is 0. The summed E-state index contributed by atoms with van der Waals surface area (Å²) in [4.78, 5) is 10.9. The normalized spacial score (nSPS) is 23.7. The maximum atomic E-state index is 10.9. The number of hydrogen-bond acceptors (Lipinski definition) is 3. The van der Waals surface area contributed by atoms with Crippen molar-refractivity contribution in [3.8, 4) is 0 Å². The molecular weight excluding hydrogens is 254 g/mol. The van der Waals surface area contributed by atoms with Crippen LogP contribution >= 0.6 is 0 Å². The van der Waals surface area contributed by atoms with E-state index in [0.29, 0.717) is 5.92 Å². The predicted molar refractivity (Wildman–Crippen MR) is 77.5 cm³/mol. The number of aliphatic hydroxyl groups is 1. The number of benzene rings is 1. The van der Waals surface area contributed by atoms with Crippen LogP contribution in [0, 0.1) is 5.92 Å². The first-order chi connectivity index (χ1) is 9.56. The lowest BCUT2D eigenvalue weighted by molar-refractivity contribution is -0.138. The summed E-state index contributed by atoms with van der Waals surface area (Å²) < 4.78 is 0. The molecule has 0 saturated heterocycles. The number of aliphatic carboxylic acids is 1. The maximum Gasteiger partial charge on any atom is 0.310 e. The van der Waals surface area contributed by atoms with Crippen LogP contribution in [0.2, 0.25) is 0 Å². The molecule has 3 unspecified atom stereocenters. The Morgan fingerprint density at radius 2 is 2.05 bits per heavy atom. The first kappa shape index (κ1) is 15.0. The molecule has 1 aliphatic carbocycles. The average molecular weight is 277 g/mol. The Bertz CT molecular complexity index is 444. The Kier molecular flexibility index (Phi) is 5.15. The van der Waals surface area contributed by atoms with Gasteiger partial charge in [-0.2, -0.15) is 0 Å². The Morgan fingerprint density at radius 3 is 2.60 bits per heavy atom. The molecule has 1 aromatic rings. The Balaban J connectivity index is 1.77. The van der Waals surface area contributed by atoms with Gasteiger partial charge in [0, 0.05) is 6.54 Å². The van der Waals surface area contributed by atoms with E-state index in [1.54, 1.807) is 6.92 Å². The first-order valence-electron chi connectivity index (χ1n) is 7.26. The molecule has 110 valence electrons. The van der Waals surface area contributed by atoms with E-state index < -0.39 is 11.9 Å². The number of carboxylic acids is 1. The number of nitrogens with one attached hydrogen (secondary N) is 1. The summed E-state index contributed by atoms with van der Waals surface area (Å²) in [5.41, 5.74) is 1.99. The quantitative estimate of drug-likeness (QED) is 0.745. The number of carbonyl (C=O) groups is 1. The molecule has 1 aromatic carbocycles. The van der Waals surface area contributed by atoms with Crippen molar-refractivity contribution in [3.05, 3.63) is 35.4 Å². The molecule has 1 saturated carbocycles. The van der Waals surface area contributed by atoms with Gasteiger partial charge >= 0.3 is 5.97 Å². The highest BCUT2D eigenvalue weighted by atomic mass is 16.4. The van der Waals surface area contributed by atoms with Gasteiger partial charge in [-0.25, -0.2) is 0 Å². The van der Waals surface area contributed by atoms with Gasteiger partial charge in [0.05, 0.1) is 12.0 Å². The lowest BCUT2D eigenvalue weighted by Crippen LogP contribution is -2.21. The molecule has 0 aromatic heterocycles. The minimum absolute atomic E-state index is 0.112. The molecule has 0 amide bonds. The lowest BCUT2D eigenvalue weighted by atomic mass is 10.00. The number of rotatable bonds is 6. The molecular formula is C16H23NO3. The maximum absolute atomic E-state index is 10.9. The second-order valence-corrected chi connectivity index (χ2v) is 5.77. The van der Waals surface area contributed by atoms with Crippen LogP contribution in [0.15, 0.2) is 24.3 Å². The lowest BCUT2D eigenvalue weighted by Gasteiger charge is -2.12. The molecule has 4 heteroatoms. The van der Waals surface area contributed by atoms with Crippen molar-refractivity contribution in [3.63, 3.8) is 0 Å². The molecule has 1 aliphatic rings. The van der Waals surface area contributed by atoms with Crippen LogP contribution in [0.3, 0.4) is 0 Å². The minimum atomic E-state index is -0.796. The van der Waals surface area contributed by atoms with E-state index in [2.05, 4.69) is 5.32 Å².